The van der Waals surface area contributed by atoms with Gasteiger partial charge in [0.25, 0.3) is 0 Å². The van der Waals surface area contributed by atoms with Crippen LogP contribution in [0.25, 0.3) is 0 Å². The van der Waals surface area contributed by atoms with Gasteiger partial charge in [-0.1, -0.05) is 13.8 Å². The fraction of sp³-hybridized carbons (Fsp3) is 0.833. The molecule has 0 aromatic heterocycles. The molecule has 0 spiro atoms. The summed E-state index contributed by atoms with van der Waals surface area (Å²) < 4.78 is 0. The first-order chi connectivity index (χ1) is 11.8. The largest absolute Gasteiger partial charge is 0.356 e. The van der Waals surface area contributed by atoms with E-state index in [1.165, 1.54) is 13.3 Å². The van der Waals surface area contributed by atoms with Crippen molar-refractivity contribution < 1.29 is 14.4 Å². The van der Waals surface area contributed by atoms with Gasteiger partial charge in [0.1, 0.15) is 0 Å². The number of rotatable bonds is 5. The van der Waals surface area contributed by atoms with E-state index in [2.05, 4.69) is 24.1 Å². The molecule has 2 rings (SSSR count). The zero-order chi connectivity index (χ0) is 18.4. The molecule has 2 unspecified atom stereocenters. The van der Waals surface area contributed by atoms with Crippen molar-refractivity contribution in [2.75, 3.05) is 52.4 Å². The molecule has 0 aromatic carbocycles. The molecule has 2 fully saturated rings. The van der Waals surface area contributed by atoms with Gasteiger partial charge in [0, 0.05) is 59.2 Å². The molecule has 7 heteroatoms. The summed E-state index contributed by atoms with van der Waals surface area (Å²) in [5.41, 5.74) is 0. The monoisotopic (exact) mass is 352 g/mol. The Morgan fingerprint density at radius 2 is 1.52 bits per heavy atom. The van der Waals surface area contributed by atoms with Crippen LogP contribution < -0.4 is 5.32 Å². The third-order valence-corrected chi connectivity index (χ3v) is 5.02. The summed E-state index contributed by atoms with van der Waals surface area (Å²) in [5, 5.41) is 2.65. The summed E-state index contributed by atoms with van der Waals surface area (Å²) in [6, 6.07) is 0. The van der Waals surface area contributed by atoms with Crippen LogP contribution in [0.3, 0.4) is 0 Å². The quantitative estimate of drug-likeness (QED) is 0.765. The molecule has 1 N–H and O–H groups in total. The van der Waals surface area contributed by atoms with E-state index in [4.69, 9.17) is 0 Å². The molecule has 2 aliphatic heterocycles. The molecule has 0 bridgehead atoms. The minimum atomic E-state index is -0.113. The van der Waals surface area contributed by atoms with Gasteiger partial charge in [-0.3, -0.25) is 19.3 Å². The molecule has 0 aliphatic carbocycles. The topological polar surface area (TPSA) is 73.0 Å². The number of hydrogen-bond donors (Lipinski definition) is 1. The van der Waals surface area contributed by atoms with E-state index >= 15 is 0 Å². The molecule has 0 aromatic rings. The third-order valence-electron chi connectivity index (χ3n) is 5.02. The Morgan fingerprint density at radius 3 is 2.08 bits per heavy atom. The molecule has 25 heavy (non-hydrogen) atoms. The molecule has 3 amide bonds. The Hall–Kier alpha value is -1.63. The van der Waals surface area contributed by atoms with Crippen molar-refractivity contribution in [2.45, 2.75) is 33.6 Å². The second-order valence-electron chi connectivity index (χ2n) is 7.63. The second kappa shape index (κ2) is 9.17. The first-order valence-electron chi connectivity index (χ1n) is 9.37. The molecule has 2 heterocycles. The standard InChI is InChI=1S/C18H32N4O3/c1-14-10-15(2)12-22(11-14)18(25)13-20-6-8-21(9-7-20)17(24)4-5-19-16(3)23/h14-15H,4-13H2,1-3H3,(H,19,23). The maximum atomic E-state index is 12.5. The highest BCUT2D eigenvalue weighted by Crippen LogP contribution is 2.21. The van der Waals surface area contributed by atoms with Crippen molar-refractivity contribution >= 4 is 17.7 Å². The summed E-state index contributed by atoms with van der Waals surface area (Å²) in [6.07, 6.45) is 1.53. The van der Waals surface area contributed by atoms with Crippen LogP contribution in [-0.4, -0.2) is 84.8 Å². The average Bonchev–Trinajstić information content (AvgIpc) is 2.54. The Kier molecular flexibility index (Phi) is 7.23. The maximum Gasteiger partial charge on any atom is 0.236 e. The van der Waals surface area contributed by atoms with Crippen molar-refractivity contribution in [3.05, 3.63) is 0 Å². The van der Waals surface area contributed by atoms with Crippen molar-refractivity contribution in [3.8, 4) is 0 Å². The van der Waals surface area contributed by atoms with Crippen LogP contribution in [0.2, 0.25) is 0 Å². The maximum absolute atomic E-state index is 12.5. The van der Waals surface area contributed by atoms with Gasteiger partial charge in [-0.25, -0.2) is 0 Å². The fourth-order valence-corrected chi connectivity index (χ4v) is 3.82. The number of likely N-dealkylation sites (tertiary alicyclic amines) is 1. The van der Waals surface area contributed by atoms with Crippen molar-refractivity contribution in [2.24, 2.45) is 11.8 Å². The zero-order valence-electron chi connectivity index (χ0n) is 15.8. The van der Waals surface area contributed by atoms with Crippen LogP contribution in [0.5, 0.6) is 0 Å². The number of nitrogens with one attached hydrogen (secondary N) is 1. The lowest BCUT2D eigenvalue weighted by atomic mass is 9.92. The van der Waals surface area contributed by atoms with E-state index in [9.17, 15) is 14.4 Å². The Morgan fingerprint density at radius 1 is 0.920 bits per heavy atom. The molecule has 2 aliphatic rings. The van der Waals surface area contributed by atoms with Crippen molar-refractivity contribution in [3.63, 3.8) is 0 Å². The predicted octanol–water partition coefficient (Wildman–Crippen LogP) is 0.161. The van der Waals surface area contributed by atoms with Crippen LogP contribution in [-0.2, 0) is 14.4 Å². The molecule has 2 saturated heterocycles. The number of piperazine rings is 1. The Labute approximate surface area is 150 Å². The van der Waals surface area contributed by atoms with Gasteiger partial charge in [-0.15, -0.1) is 0 Å². The lowest BCUT2D eigenvalue weighted by Crippen LogP contribution is -2.53. The van der Waals surface area contributed by atoms with Crippen LogP contribution >= 0.6 is 0 Å². The molecule has 0 saturated carbocycles. The Balaban J connectivity index is 1.70. The van der Waals surface area contributed by atoms with Gasteiger partial charge in [-0.05, 0) is 18.3 Å². The van der Waals surface area contributed by atoms with E-state index in [1.54, 1.807) is 0 Å². The third kappa shape index (κ3) is 6.30. The molecule has 142 valence electrons. The lowest BCUT2D eigenvalue weighted by molar-refractivity contribution is -0.136. The van der Waals surface area contributed by atoms with Gasteiger partial charge in [0.05, 0.1) is 6.54 Å². The van der Waals surface area contributed by atoms with E-state index in [0.29, 0.717) is 44.4 Å². The second-order valence-corrected chi connectivity index (χ2v) is 7.63. The zero-order valence-corrected chi connectivity index (χ0v) is 15.8. The number of hydrogen-bond acceptors (Lipinski definition) is 4. The van der Waals surface area contributed by atoms with Gasteiger partial charge in [0.15, 0.2) is 0 Å². The minimum Gasteiger partial charge on any atom is -0.356 e. The number of nitrogens with zero attached hydrogens (tertiary/aromatic N) is 3. The van der Waals surface area contributed by atoms with E-state index in [-0.39, 0.29) is 17.7 Å². The number of carbonyl (C=O) groups is 3. The highest BCUT2D eigenvalue weighted by Gasteiger charge is 2.28. The minimum absolute atomic E-state index is 0.0680. The van der Waals surface area contributed by atoms with E-state index < -0.39 is 0 Å². The van der Waals surface area contributed by atoms with E-state index in [0.717, 1.165) is 26.2 Å². The molecule has 2 atom stereocenters. The normalized spacial score (nSPS) is 24.9. The Bertz CT molecular complexity index is 479. The highest BCUT2D eigenvalue weighted by molar-refractivity contribution is 5.79. The number of piperidine rings is 1. The van der Waals surface area contributed by atoms with Gasteiger partial charge in [0.2, 0.25) is 17.7 Å². The van der Waals surface area contributed by atoms with Gasteiger partial charge in [-0.2, -0.15) is 0 Å². The summed E-state index contributed by atoms with van der Waals surface area (Å²) in [5.74, 6) is 1.32. The first kappa shape index (κ1) is 19.7. The first-order valence-corrected chi connectivity index (χ1v) is 9.37. The van der Waals surface area contributed by atoms with Crippen LogP contribution in [0.15, 0.2) is 0 Å². The summed E-state index contributed by atoms with van der Waals surface area (Å²) >= 11 is 0. The van der Waals surface area contributed by atoms with Crippen LogP contribution in [0.1, 0.15) is 33.6 Å². The molecular formula is C18H32N4O3. The summed E-state index contributed by atoms with van der Waals surface area (Å²) in [6.45, 7) is 11.2. The van der Waals surface area contributed by atoms with Gasteiger partial charge >= 0.3 is 0 Å². The smallest absolute Gasteiger partial charge is 0.236 e. The average molecular weight is 352 g/mol. The molecular weight excluding hydrogens is 320 g/mol. The van der Waals surface area contributed by atoms with E-state index in [1.807, 2.05) is 9.80 Å². The number of carbonyl (C=O) groups excluding carboxylic acids is 3. The predicted molar refractivity (Wildman–Crippen MR) is 95.8 cm³/mol. The van der Waals surface area contributed by atoms with Crippen molar-refractivity contribution in [1.29, 1.82) is 0 Å². The van der Waals surface area contributed by atoms with Gasteiger partial charge < -0.3 is 15.1 Å². The van der Waals surface area contributed by atoms with Crippen molar-refractivity contribution in [1.82, 2.24) is 20.0 Å². The van der Waals surface area contributed by atoms with Crippen LogP contribution in [0.4, 0.5) is 0 Å². The SMILES string of the molecule is CC(=O)NCCC(=O)N1CCN(CC(=O)N2CC(C)CC(C)C2)CC1. The molecule has 0 radical (unpaired) electrons. The number of amides is 3. The summed E-state index contributed by atoms with van der Waals surface area (Å²) in [7, 11) is 0. The highest BCUT2D eigenvalue weighted by atomic mass is 16.2. The summed E-state index contributed by atoms with van der Waals surface area (Å²) in [4.78, 5) is 41.5. The van der Waals surface area contributed by atoms with Crippen LogP contribution in [0, 0.1) is 11.8 Å². The lowest BCUT2D eigenvalue weighted by Gasteiger charge is -2.38. The molecule has 7 nitrogen and oxygen atoms in total. The fourth-order valence-electron chi connectivity index (χ4n) is 3.82.